The van der Waals surface area contributed by atoms with Crippen molar-refractivity contribution in [3.8, 4) is 0 Å². The van der Waals surface area contributed by atoms with E-state index in [4.69, 9.17) is 0 Å². The second-order valence-electron chi connectivity index (χ2n) is 3.58. The fraction of sp³-hybridized carbons (Fsp3) is 0.900. The second-order valence-corrected chi connectivity index (χ2v) is 3.58. The minimum absolute atomic E-state index is 0.150. The Morgan fingerprint density at radius 3 is 2.92 bits per heavy atom. The van der Waals surface area contributed by atoms with Crippen molar-refractivity contribution in [2.45, 2.75) is 39.2 Å². The van der Waals surface area contributed by atoms with E-state index in [0.29, 0.717) is 0 Å². The Balaban J connectivity index is 2.36. The molecule has 0 aromatic carbocycles. The van der Waals surface area contributed by atoms with Gasteiger partial charge in [-0.25, -0.2) is 0 Å². The quantitative estimate of drug-likeness (QED) is 0.707. The number of hydrogen-bond donors (Lipinski definition) is 1. The molecule has 1 saturated heterocycles. The highest BCUT2D eigenvalue weighted by molar-refractivity contribution is 5.81. The van der Waals surface area contributed by atoms with Gasteiger partial charge in [0.2, 0.25) is 5.91 Å². The van der Waals surface area contributed by atoms with Crippen molar-refractivity contribution in [2.75, 3.05) is 19.6 Å². The summed E-state index contributed by atoms with van der Waals surface area (Å²) >= 11 is 0. The molecule has 0 aromatic rings. The van der Waals surface area contributed by atoms with Crippen LogP contribution in [0.3, 0.4) is 0 Å². The van der Waals surface area contributed by atoms with Gasteiger partial charge in [-0.3, -0.25) is 9.69 Å². The zero-order valence-corrected chi connectivity index (χ0v) is 8.68. The number of rotatable bonds is 4. The van der Waals surface area contributed by atoms with Crippen LogP contribution in [0.2, 0.25) is 0 Å². The molecule has 0 aromatic heterocycles. The molecule has 1 aliphatic rings. The largest absolute Gasteiger partial charge is 0.355 e. The van der Waals surface area contributed by atoms with E-state index in [9.17, 15) is 4.79 Å². The lowest BCUT2D eigenvalue weighted by Gasteiger charge is -2.21. The summed E-state index contributed by atoms with van der Waals surface area (Å²) in [6.07, 6.45) is 3.21. The Morgan fingerprint density at radius 1 is 1.54 bits per heavy atom. The molecule has 3 nitrogen and oxygen atoms in total. The molecule has 0 spiro atoms. The normalized spacial score (nSPS) is 23.4. The van der Waals surface area contributed by atoms with Gasteiger partial charge in [-0.05, 0) is 32.4 Å². The fourth-order valence-corrected chi connectivity index (χ4v) is 1.87. The smallest absolute Gasteiger partial charge is 0.237 e. The van der Waals surface area contributed by atoms with Crippen LogP contribution in [0, 0.1) is 0 Å². The number of likely N-dealkylation sites (tertiary alicyclic amines) is 1. The summed E-state index contributed by atoms with van der Waals surface area (Å²) in [5, 5.41) is 2.96. The first-order valence-corrected chi connectivity index (χ1v) is 5.31. The second kappa shape index (κ2) is 5.22. The maximum absolute atomic E-state index is 11.6. The predicted molar refractivity (Wildman–Crippen MR) is 53.6 cm³/mol. The first kappa shape index (κ1) is 10.5. The summed E-state index contributed by atoms with van der Waals surface area (Å²) in [6, 6.07) is 0.150. The van der Waals surface area contributed by atoms with Gasteiger partial charge in [0.1, 0.15) is 0 Å². The van der Waals surface area contributed by atoms with Crippen LogP contribution in [0.25, 0.3) is 0 Å². The molecule has 1 amide bonds. The van der Waals surface area contributed by atoms with Crippen molar-refractivity contribution in [1.82, 2.24) is 10.2 Å². The van der Waals surface area contributed by atoms with E-state index in [1.54, 1.807) is 0 Å². The van der Waals surface area contributed by atoms with Crippen molar-refractivity contribution >= 4 is 5.91 Å². The van der Waals surface area contributed by atoms with E-state index < -0.39 is 0 Å². The van der Waals surface area contributed by atoms with Crippen molar-refractivity contribution in [1.29, 1.82) is 0 Å². The molecule has 0 saturated carbocycles. The van der Waals surface area contributed by atoms with E-state index in [1.807, 2.05) is 0 Å². The Bertz CT molecular complexity index is 170. The molecule has 76 valence electrons. The maximum atomic E-state index is 11.6. The number of carbonyl (C=O) groups is 1. The van der Waals surface area contributed by atoms with Crippen LogP contribution < -0.4 is 5.32 Å². The monoisotopic (exact) mass is 184 g/mol. The highest BCUT2D eigenvalue weighted by Crippen LogP contribution is 2.16. The Morgan fingerprint density at radius 2 is 2.31 bits per heavy atom. The summed E-state index contributed by atoms with van der Waals surface area (Å²) in [5.41, 5.74) is 0. The average Bonchev–Trinajstić information content (AvgIpc) is 2.61. The van der Waals surface area contributed by atoms with Crippen LogP contribution >= 0.6 is 0 Å². The summed E-state index contributed by atoms with van der Waals surface area (Å²) in [6.45, 7) is 7.08. The van der Waals surface area contributed by atoms with Gasteiger partial charge in [-0.15, -0.1) is 0 Å². The van der Waals surface area contributed by atoms with Crippen molar-refractivity contribution in [3.63, 3.8) is 0 Å². The van der Waals surface area contributed by atoms with Gasteiger partial charge in [0, 0.05) is 6.54 Å². The highest BCUT2D eigenvalue weighted by atomic mass is 16.2. The summed E-state index contributed by atoms with van der Waals surface area (Å²) in [4.78, 5) is 13.9. The molecular formula is C10H20N2O. The van der Waals surface area contributed by atoms with Gasteiger partial charge < -0.3 is 5.32 Å². The SMILES string of the molecule is CCCNC(=O)[C@@H]1CCCN1CC. The average molecular weight is 184 g/mol. The van der Waals surface area contributed by atoms with E-state index in [1.165, 1.54) is 0 Å². The van der Waals surface area contributed by atoms with E-state index >= 15 is 0 Å². The lowest BCUT2D eigenvalue weighted by Crippen LogP contribution is -2.43. The third-order valence-electron chi connectivity index (χ3n) is 2.62. The summed E-state index contributed by atoms with van der Waals surface area (Å²) in [5.74, 6) is 0.223. The Hall–Kier alpha value is -0.570. The van der Waals surface area contributed by atoms with Crippen LogP contribution in [-0.2, 0) is 4.79 Å². The Kier molecular flexibility index (Phi) is 4.22. The first-order valence-electron chi connectivity index (χ1n) is 5.31. The zero-order valence-electron chi connectivity index (χ0n) is 8.68. The molecule has 0 bridgehead atoms. The minimum Gasteiger partial charge on any atom is -0.355 e. The van der Waals surface area contributed by atoms with Gasteiger partial charge in [-0.1, -0.05) is 13.8 Å². The first-order chi connectivity index (χ1) is 6.29. The standard InChI is InChI=1S/C10H20N2O/c1-3-7-11-10(13)9-6-5-8-12(9)4-2/h9H,3-8H2,1-2H3,(H,11,13)/t9-/m0/s1. The topological polar surface area (TPSA) is 32.3 Å². The predicted octanol–water partition coefficient (Wildman–Crippen LogP) is 0.997. The third-order valence-corrected chi connectivity index (χ3v) is 2.62. The number of hydrogen-bond acceptors (Lipinski definition) is 2. The van der Waals surface area contributed by atoms with Gasteiger partial charge >= 0.3 is 0 Å². The summed E-state index contributed by atoms with van der Waals surface area (Å²) < 4.78 is 0. The summed E-state index contributed by atoms with van der Waals surface area (Å²) in [7, 11) is 0. The van der Waals surface area contributed by atoms with E-state index in [-0.39, 0.29) is 11.9 Å². The molecule has 1 N–H and O–H groups in total. The third kappa shape index (κ3) is 2.69. The number of nitrogens with zero attached hydrogens (tertiary/aromatic N) is 1. The van der Waals surface area contributed by atoms with E-state index in [0.717, 1.165) is 38.9 Å². The van der Waals surface area contributed by atoms with Crippen LogP contribution in [0.4, 0.5) is 0 Å². The molecule has 13 heavy (non-hydrogen) atoms. The molecule has 1 heterocycles. The highest BCUT2D eigenvalue weighted by Gasteiger charge is 2.28. The van der Waals surface area contributed by atoms with Crippen LogP contribution in [0.5, 0.6) is 0 Å². The van der Waals surface area contributed by atoms with Crippen LogP contribution in [-0.4, -0.2) is 36.5 Å². The van der Waals surface area contributed by atoms with Gasteiger partial charge in [-0.2, -0.15) is 0 Å². The molecular weight excluding hydrogens is 164 g/mol. The lowest BCUT2D eigenvalue weighted by molar-refractivity contribution is -0.125. The minimum atomic E-state index is 0.150. The van der Waals surface area contributed by atoms with Gasteiger partial charge in [0.15, 0.2) is 0 Å². The molecule has 3 heteroatoms. The zero-order chi connectivity index (χ0) is 9.68. The molecule has 0 radical (unpaired) electrons. The molecule has 1 fully saturated rings. The van der Waals surface area contributed by atoms with Gasteiger partial charge in [0.05, 0.1) is 6.04 Å². The van der Waals surface area contributed by atoms with Crippen molar-refractivity contribution in [2.24, 2.45) is 0 Å². The lowest BCUT2D eigenvalue weighted by atomic mass is 10.2. The fourth-order valence-electron chi connectivity index (χ4n) is 1.87. The number of nitrogens with one attached hydrogen (secondary N) is 1. The van der Waals surface area contributed by atoms with Crippen LogP contribution in [0.15, 0.2) is 0 Å². The number of amides is 1. The molecule has 0 unspecified atom stereocenters. The Labute approximate surface area is 80.5 Å². The van der Waals surface area contributed by atoms with E-state index in [2.05, 4.69) is 24.1 Å². The van der Waals surface area contributed by atoms with Crippen LogP contribution in [0.1, 0.15) is 33.1 Å². The van der Waals surface area contributed by atoms with Crippen molar-refractivity contribution < 1.29 is 4.79 Å². The van der Waals surface area contributed by atoms with Crippen molar-refractivity contribution in [3.05, 3.63) is 0 Å². The molecule has 0 aliphatic carbocycles. The molecule has 1 aliphatic heterocycles. The molecule has 1 rings (SSSR count). The number of likely N-dealkylation sites (N-methyl/N-ethyl adjacent to an activating group) is 1. The van der Waals surface area contributed by atoms with Gasteiger partial charge in [0.25, 0.3) is 0 Å². The number of carbonyl (C=O) groups excluding carboxylic acids is 1. The maximum Gasteiger partial charge on any atom is 0.237 e. The molecule has 1 atom stereocenters.